The van der Waals surface area contributed by atoms with E-state index in [9.17, 15) is 0 Å². The van der Waals surface area contributed by atoms with Gasteiger partial charge in [-0.1, -0.05) is 65.7 Å². The number of nitrogens with zero attached hydrogens (tertiary/aromatic N) is 7. The summed E-state index contributed by atoms with van der Waals surface area (Å²) in [6.07, 6.45) is 5.59. The van der Waals surface area contributed by atoms with Crippen molar-refractivity contribution in [2.45, 2.75) is 31.0 Å². The quantitative estimate of drug-likeness (QED) is 0.412. The summed E-state index contributed by atoms with van der Waals surface area (Å²) in [5.41, 5.74) is 5.07. The van der Waals surface area contributed by atoms with Gasteiger partial charge in [0.15, 0.2) is 0 Å². The standard InChI is InChI=1S/C24H25Cl2N7S/c1-34-24-28-29-30-32(24)15-21-16-33(31-13-3-2-4-14-31)23(18-7-11-20(26)12-8-18)22(27-21)17-5-9-19(25)10-6-17/h5-12H,2-4,13-16H2,1H3. The van der Waals surface area contributed by atoms with Crippen LogP contribution in [0.25, 0.3) is 11.4 Å². The molecule has 0 N–H and O–H groups in total. The number of piperidine rings is 1. The van der Waals surface area contributed by atoms with Crippen LogP contribution in [0, 0.1) is 0 Å². The Bertz CT molecular complexity index is 1200. The molecule has 34 heavy (non-hydrogen) atoms. The Morgan fingerprint density at radius 3 is 2.18 bits per heavy atom. The number of benzene rings is 2. The Kier molecular flexibility index (Phi) is 7.20. The van der Waals surface area contributed by atoms with Gasteiger partial charge in [-0.3, -0.25) is 10.0 Å². The second-order valence-corrected chi connectivity index (χ2v) is 9.93. The van der Waals surface area contributed by atoms with Crippen LogP contribution in [0.2, 0.25) is 10.0 Å². The Morgan fingerprint density at radius 2 is 1.53 bits per heavy atom. The van der Waals surface area contributed by atoms with E-state index >= 15 is 0 Å². The smallest absolute Gasteiger partial charge is 0.209 e. The Hall–Kier alpha value is -2.39. The molecule has 0 amide bonds. The summed E-state index contributed by atoms with van der Waals surface area (Å²) in [5, 5.41) is 19.2. The van der Waals surface area contributed by atoms with Crippen molar-refractivity contribution in [2.75, 3.05) is 25.9 Å². The van der Waals surface area contributed by atoms with Crippen LogP contribution >= 0.6 is 35.0 Å². The summed E-state index contributed by atoms with van der Waals surface area (Å²) in [6.45, 7) is 3.22. The van der Waals surface area contributed by atoms with Gasteiger partial charge in [-0.2, -0.15) is 0 Å². The molecule has 7 nitrogen and oxygen atoms in total. The van der Waals surface area contributed by atoms with E-state index in [1.807, 2.05) is 47.3 Å². The lowest BCUT2D eigenvalue weighted by molar-refractivity contribution is 0.0273. The molecule has 1 fully saturated rings. The molecule has 2 aliphatic heterocycles. The zero-order valence-electron chi connectivity index (χ0n) is 18.9. The molecule has 0 bridgehead atoms. The molecule has 0 saturated carbocycles. The molecule has 0 atom stereocenters. The molecule has 3 aromatic rings. The van der Waals surface area contributed by atoms with E-state index < -0.39 is 0 Å². The summed E-state index contributed by atoms with van der Waals surface area (Å²) in [5.74, 6) is 0. The van der Waals surface area contributed by atoms with E-state index in [4.69, 9.17) is 28.2 Å². The highest BCUT2D eigenvalue weighted by atomic mass is 35.5. The summed E-state index contributed by atoms with van der Waals surface area (Å²) >= 11 is 14.0. The monoisotopic (exact) mass is 513 g/mol. The molecule has 5 rings (SSSR count). The highest BCUT2D eigenvalue weighted by molar-refractivity contribution is 7.98. The fourth-order valence-corrected chi connectivity index (χ4v) is 5.07. The third-order valence-electron chi connectivity index (χ3n) is 6.01. The number of thioether (sulfide) groups is 1. The van der Waals surface area contributed by atoms with Gasteiger partial charge in [-0.25, -0.2) is 9.69 Å². The first-order valence-corrected chi connectivity index (χ1v) is 13.3. The summed E-state index contributed by atoms with van der Waals surface area (Å²) in [7, 11) is 0. The average molecular weight is 514 g/mol. The van der Waals surface area contributed by atoms with E-state index in [-0.39, 0.29) is 0 Å². The third-order valence-corrected chi connectivity index (χ3v) is 7.17. The number of hydrazine groups is 1. The first-order chi connectivity index (χ1) is 16.6. The van der Waals surface area contributed by atoms with Crippen molar-refractivity contribution in [1.29, 1.82) is 0 Å². The summed E-state index contributed by atoms with van der Waals surface area (Å²) in [4.78, 5) is 5.18. The van der Waals surface area contributed by atoms with Crippen molar-refractivity contribution in [2.24, 2.45) is 4.99 Å². The second-order valence-electron chi connectivity index (χ2n) is 8.28. The number of tetrazole rings is 1. The second kappa shape index (κ2) is 10.5. The largest absolute Gasteiger partial charge is 0.297 e. The molecule has 0 spiro atoms. The molecule has 1 saturated heterocycles. The first kappa shape index (κ1) is 23.4. The van der Waals surface area contributed by atoms with Gasteiger partial charge < -0.3 is 0 Å². The lowest BCUT2D eigenvalue weighted by Gasteiger charge is -2.43. The van der Waals surface area contributed by atoms with Gasteiger partial charge in [0.2, 0.25) is 5.16 Å². The molecule has 1 aromatic heterocycles. The molecule has 10 heteroatoms. The molecule has 3 heterocycles. The van der Waals surface area contributed by atoms with Gasteiger partial charge in [0.1, 0.15) is 0 Å². The van der Waals surface area contributed by atoms with Crippen LogP contribution in [0.15, 0.2) is 58.7 Å². The number of rotatable bonds is 6. The normalized spacial score (nSPS) is 17.3. The van der Waals surface area contributed by atoms with Crippen molar-refractivity contribution in [3.8, 4) is 0 Å². The van der Waals surface area contributed by atoms with E-state index in [1.54, 1.807) is 0 Å². The summed E-state index contributed by atoms with van der Waals surface area (Å²) < 4.78 is 1.81. The van der Waals surface area contributed by atoms with Gasteiger partial charge in [-0.05, 0) is 53.8 Å². The number of aromatic nitrogens is 4. The van der Waals surface area contributed by atoms with Crippen molar-refractivity contribution >= 4 is 52.1 Å². The fraction of sp³-hybridized carbons (Fsp3) is 0.333. The minimum absolute atomic E-state index is 0.526. The van der Waals surface area contributed by atoms with Crippen molar-refractivity contribution in [3.05, 3.63) is 69.7 Å². The topological polar surface area (TPSA) is 62.4 Å². The Labute approximate surface area is 213 Å². The number of halogens is 2. The first-order valence-electron chi connectivity index (χ1n) is 11.3. The molecule has 0 unspecified atom stereocenters. The molecular weight excluding hydrogens is 489 g/mol. The van der Waals surface area contributed by atoms with Gasteiger partial charge in [0.25, 0.3) is 0 Å². The van der Waals surface area contributed by atoms with Gasteiger partial charge in [0.05, 0.1) is 30.2 Å². The van der Waals surface area contributed by atoms with Gasteiger partial charge >= 0.3 is 0 Å². The predicted octanol–water partition coefficient (Wildman–Crippen LogP) is 5.39. The maximum Gasteiger partial charge on any atom is 0.209 e. The van der Waals surface area contributed by atoms with Crippen molar-refractivity contribution in [1.82, 2.24) is 30.2 Å². The van der Waals surface area contributed by atoms with Crippen LogP contribution in [0.3, 0.4) is 0 Å². The van der Waals surface area contributed by atoms with E-state index in [1.165, 1.54) is 31.0 Å². The maximum atomic E-state index is 6.23. The minimum Gasteiger partial charge on any atom is -0.297 e. The minimum atomic E-state index is 0.526. The maximum absolute atomic E-state index is 6.23. The number of aliphatic imine (C=N–C) groups is 1. The van der Waals surface area contributed by atoms with Gasteiger partial charge in [0, 0.05) is 34.3 Å². The SMILES string of the molecule is CSc1nnnn1CC1=NC(c2ccc(Cl)cc2)=C(c2ccc(Cl)cc2)N(N2CCCCC2)C1. The van der Waals surface area contributed by atoms with Crippen LogP contribution in [0.4, 0.5) is 0 Å². The van der Waals surface area contributed by atoms with Crippen LogP contribution in [0.1, 0.15) is 30.4 Å². The third kappa shape index (κ3) is 5.00. The van der Waals surface area contributed by atoms with Crippen LogP contribution in [0.5, 0.6) is 0 Å². The summed E-state index contributed by atoms with van der Waals surface area (Å²) in [6, 6.07) is 15.9. The lowest BCUT2D eigenvalue weighted by Crippen LogP contribution is -2.48. The number of hydrogen-bond donors (Lipinski definition) is 0. The average Bonchev–Trinajstić information content (AvgIpc) is 3.32. The molecule has 176 valence electrons. The van der Waals surface area contributed by atoms with Crippen LogP contribution in [-0.4, -0.2) is 61.8 Å². The van der Waals surface area contributed by atoms with Crippen LogP contribution in [-0.2, 0) is 6.54 Å². The van der Waals surface area contributed by atoms with E-state index in [0.717, 1.165) is 46.5 Å². The Morgan fingerprint density at radius 1 is 0.882 bits per heavy atom. The molecule has 0 aliphatic carbocycles. The van der Waals surface area contributed by atoms with E-state index in [0.29, 0.717) is 23.1 Å². The molecule has 2 aliphatic rings. The molecule has 2 aromatic carbocycles. The van der Waals surface area contributed by atoms with E-state index in [2.05, 4.69) is 37.7 Å². The van der Waals surface area contributed by atoms with Crippen molar-refractivity contribution in [3.63, 3.8) is 0 Å². The van der Waals surface area contributed by atoms with Crippen LogP contribution < -0.4 is 0 Å². The zero-order chi connectivity index (χ0) is 23.5. The number of hydrogen-bond acceptors (Lipinski definition) is 7. The highest BCUT2D eigenvalue weighted by Crippen LogP contribution is 2.36. The van der Waals surface area contributed by atoms with Crippen molar-refractivity contribution < 1.29 is 0 Å². The molecule has 0 radical (unpaired) electrons. The fourth-order valence-electron chi connectivity index (χ4n) is 4.38. The lowest BCUT2D eigenvalue weighted by atomic mass is 10.0. The zero-order valence-corrected chi connectivity index (χ0v) is 21.2. The molecular formula is C24H25Cl2N7S. The Balaban J connectivity index is 1.66. The highest BCUT2D eigenvalue weighted by Gasteiger charge is 2.30. The van der Waals surface area contributed by atoms with Gasteiger partial charge in [-0.15, -0.1) is 5.10 Å². The predicted molar refractivity (Wildman–Crippen MR) is 139 cm³/mol.